The number of hydrogen-bond acceptors (Lipinski definition) is 5. The summed E-state index contributed by atoms with van der Waals surface area (Å²) in [7, 11) is 0. The minimum absolute atomic E-state index is 0.243. The third kappa shape index (κ3) is 3.38. The quantitative estimate of drug-likeness (QED) is 0.463. The Morgan fingerprint density at radius 3 is 2.81 bits per heavy atom. The van der Waals surface area contributed by atoms with Crippen molar-refractivity contribution in [2.45, 2.75) is 32.7 Å². The molecule has 0 saturated carbocycles. The topological polar surface area (TPSA) is 106 Å². The molecular weight excluding hydrogens is 390 g/mol. The number of carbonyl (C=O) groups excluding carboxylic acids is 1. The molecule has 156 valence electrons. The molecule has 7 nitrogen and oxygen atoms in total. The van der Waals surface area contributed by atoms with Crippen molar-refractivity contribution in [2.75, 3.05) is 5.32 Å². The number of aromatic nitrogens is 3. The molecule has 0 radical (unpaired) electrons. The first-order valence-electron chi connectivity index (χ1n) is 10.3. The average Bonchev–Trinajstić information content (AvgIpc) is 3.35. The van der Waals surface area contributed by atoms with Crippen molar-refractivity contribution in [2.24, 2.45) is 5.73 Å². The molecule has 1 aliphatic rings. The third-order valence-corrected chi connectivity index (χ3v) is 5.79. The second-order valence-electron chi connectivity index (χ2n) is 7.90. The maximum Gasteiger partial charge on any atom is 0.249 e. The van der Waals surface area contributed by atoms with Gasteiger partial charge >= 0.3 is 0 Å². The maximum atomic E-state index is 11.9. The highest BCUT2D eigenvalue weighted by molar-refractivity contribution is 6.06. The Kier molecular flexibility index (Phi) is 4.58. The summed E-state index contributed by atoms with van der Waals surface area (Å²) in [5.74, 6) is 1.18. The van der Waals surface area contributed by atoms with Crippen LogP contribution in [0.5, 0.6) is 5.75 Å². The molecule has 0 aliphatic heterocycles. The minimum Gasteiger partial charge on any atom is -0.508 e. The molecule has 0 fully saturated rings. The predicted octanol–water partition coefficient (Wildman–Crippen LogP) is 3.63. The van der Waals surface area contributed by atoms with Gasteiger partial charge in [0.15, 0.2) is 0 Å². The first-order chi connectivity index (χ1) is 15.0. The average molecular weight is 413 g/mol. The largest absolute Gasteiger partial charge is 0.508 e. The highest BCUT2D eigenvalue weighted by atomic mass is 16.3. The summed E-state index contributed by atoms with van der Waals surface area (Å²) in [6.07, 6.45) is 2.90. The number of carbonyl (C=O) groups is 1. The molecule has 31 heavy (non-hydrogen) atoms. The Bertz CT molecular complexity index is 1330. The fraction of sp³-hybridized carbons (Fsp3) is 0.208. The van der Waals surface area contributed by atoms with E-state index in [1.165, 1.54) is 0 Å². The number of aromatic hydroxyl groups is 1. The molecule has 7 heteroatoms. The van der Waals surface area contributed by atoms with Gasteiger partial charge in [0.05, 0.1) is 11.2 Å². The summed E-state index contributed by atoms with van der Waals surface area (Å²) in [5, 5.41) is 14.0. The van der Waals surface area contributed by atoms with E-state index in [0.717, 1.165) is 58.5 Å². The van der Waals surface area contributed by atoms with Crippen molar-refractivity contribution in [3.8, 4) is 11.7 Å². The van der Waals surface area contributed by atoms with Crippen molar-refractivity contribution in [3.63, 3.8) is 0 Å². The normalized spacial score (nSPS) is 12.8. The van der Waals surface area contributed by atoms with Gasteiger partial charge in [-0.25, -0.2) is 4.98 Å². The minimum atomic E-state index is -0.453. The summed E-state index contributed by atoms with van der Waals surface area (Å²) in [4.78, 5) is 21.6. The highest BCUT2D eigenvalue weighted by Gasteiger charge is 2.22. The van der Waals surface area contributed by atoms with E-state index in [2.05, 4.69) is 5.32 Å². The predicted molar refractivity (Wildman–Crippen MR) is 120 cm³/mol. The van der Waals surface area contributed by atoms with Gasteiger partial charge in [0.25, 0.3) is 0 Å². The number of phenols is 1. The Hall–Kier alpha value is -3.87. The number of primary amides is 1. The van der Waals surface area contributed by atoms with E-state index in [4.69, 9.17) is 15.7 Å². The van der Waals surface area contributed by atoms with Gasteiger partial charge in [-0.1, -0.05) is 18.2 Å². The summed E-state index contributed by atoms with van der Waals surface area (Å²) >= 11 is 0. The summed E-state index contributed by atoms with van der Waals surface area (Å²) in [5.41, 5.74) is 11.0. The fourth-order valence-electron chi connectivity index (χ4n) is 4.36. The number of phenolic OH excluding ortho intramolecular Hbond substituents is 1. The van der Waals surface area contributed by atoms with Crippen molar-refractivity contribution >= 4 is 22.6 Å². The number of benzene rings is 2. The van der Waals surface area contributed by atoms with E-state index < -0.39 is 5.91 Å². The number of rotatable bonds is 5. The SMILES string of the molecule is Cc1cc2c(C(N)=O)cccc2n1-c1nc2c(c(NCc3cccc(O)c3)n1)CCC2. The molecule has 1 amide bonds. The van der Waals surface area contributed by atoms with Crippen LogP contribution < -0.4 is 11.1 Å². The Labute approximate surface area is 179 Å². The number of nitrogens with one attached hydrogen (secondary N) is 1. The van der Waals surface area contributed by atoms with E-state index >= 15 is 0 Å². The number of nitrogens with two attached hydrogens (primary N) is 1. The number of fused-ring (bicyclic) bond motifs is 2. The smallest absolute Gasteiger partial charge is 0.249 e. The van der Waals surface area contributed by atoms with Gasteiger partial charge in [-0.3, -0.25) is 9.36 Å². The van der Waals surface area contributed by atoms with Gasteiger partial charge in [0.1, 0.15) is 11.6 Å². The van der Waals surface area contributed by atoms with Crippen LogP contribution in [0.4, 0.5) is 5.82 Å². The molecule has 0 bridgehead atoms. The number of anilines is 1. The highest BCUT2D eigenvalue weighted by Crippen LogP contribution is 2.31. The van der Waals surface area contributed by atoms with Crippen molar-refractivity contribution < 1.29 is 9.90 Å². The van der Waals surface area contributed by atoms with Crippen LogP contribution in [-0.4, -0.2) is 25.5 Å². The third-order valence-electron chi connectivity index (χ3n) is 5.79. The lowest BCUT2D eigenvalue weighted by Gasteiger charge is -2.14. The van der Waals surface area contributed by atoms with E-state index in [-0.39, 0.29) is 5.75 Å². The van der Waals surface area contributed by atoms with Gasteiger partial charge in [-0.15, -0.1) is 0 Å². The van der Waals surface area contributed by atoms with Crippen LogP contribution in [0.25, 0.3) is 16.9 Å². The van der Waals surface area contributed by atoms with Crippen LogP contribution in [0.2, 0.25) is 0 Å². The molecule has 2 aromatic heterocycles. The molecule has 0 spiro atoms. The molecule has 4 N–H and O–H groups in total. The number of aryl methyl sites for hydroxylation is 2. The monoisotopic (exact) mass is 413 g/mol. The van der Waals surface area contributed by atoms with E-state index in [9.17, 15) is 9.90 Å². The number of nitrogens with zero attached hydrogens (tertiary/aromatic N) is 3. The second-order valence-corrected chi connectivity index (χ2v) is 7.90. The summed E-state index contributed by atoms with van der Waals surface area (Å²) < 4.78 is 1.97. The van der Waals surface area contributed by atoms with Gasteiger partial charge in [0, 0.05) is 28.8 Å². The maximum absolute atomic E-state index is 11.9. The van der Waals surface area contributed by atoms with Crippen LogP contribution in [-0.2, 0) is 19.4 Å². The molecule has 1 aliphatic carbocycles. The fourth-order valence-corrected chi connectivity index (χ4v) is 4.36. The Morgan fingerprint density at radius 2 is 2.00 bits per heavy atom. The lowest BCUT2D eigenvalue weighted by Crippen LogP contribution is -2.12. The Morgan fingerprint density at radius 1 is 1.16 bits per heavy atom. The number of hydrogen-bond donors (Lipinski definition) is 3. The summed E-state index contributed by atoms with van der Waals surface area (Å²) in [6.45, 7) is 2.52. The van der Waals surface area contributed by atoms with Crippen molar-refractivity contribution in [1.29, 1.82) is 0 Å². The first kappa shape index (κ1) is 19.1. The van der Waals surface area contributed by atoms with Gasteiger partial charge < -0.3 is 16.2 Å². The van der Waals surface area contributed by atoms with Crippen LogP contribution >= 0.6 is 0 Å². The molecule has 0 unspecified atom stereocenters. The lowest BCUT2D eigenvalue weighted by molar-refractivity contribution is 0.100. The van der Waals surface area contributed by atoms with Gasteiger partial charge in [-0.2, -0.15) is 4.98 Å². The van der Waals surface area contributed by atoms with Crippen LogP contribution in [0.3, 0.4) is 0 Å². The Balaban J connectivity index is 1.60. The van der Waals surface area contributed by atoms with E-state index in [0.29, 0.717) is 18.1 Å². The lowest BCUT2D eigenvalue weighted by atomic mass is 10.1. The zero-order valence-corrected chi connectivity index (χ0v) is 17.2. The summed E-state index contributed by atoms with van der Waals surface area (Å²) in [6, 6.07) is 14.6. The first-order valence-corrected chi connectivity index (χ1v) is 10.3. The van der Waals surface area contributed by atoms with Crippen LogP contribution in [0.1, 0.15) is 39.3 Å². The zero-order chi connectivity index (χ0) is 21.5. The van der Waals surface area contributed by atoms with Gasteiger partial charge in [0.2, 0.25) is 11.9 Å². The van der Waals surface area contributed by atoms with E-state index in [1.54, 1.807) is 18.2 Å². The standard InChI is InChI=1S/C24H23N5O2/c1-14-11-19-17(22(25)31)7-4-10-21(19)29(14)24-27-20-9-3-8-18(20)23(28-24)26-13-15-5-2-6-16(30)12-15/h2,4-7,10-12,30H,3,8-9,13H2,1H3,(H2,25,31)(H,26,27,28). The molecule has 0 saturated heterocycles. The van der Waals surface area contributed by atoms with Crippen molar-refractivity contribution in [3.05, 3.63) is 76.6 Å². The molecule has 4 aromatic rings. The molecule has 2 aromatic carbocycles. The van der Waals surface area contributed by atoms with Crippen LogP contribution in [0, 0.1) is 6.92 Å². The molecule has 2 heterocycles. The van der Waals surface area contributed by atoms with Crippen molar-refractivity contribution in [1.82, 2.24) is 14.5 Å². The van der Waals surface area contributed by atoms with E-state index in [1.807, 2.05) is 41.8 Å². The van der Waals surface area contributed by atoms with Gasteiger partial charge in [-0.05, 0) is 62.1 Å². The molecular formula is C24H23N5O2. The number of amides is 1. The zero-order valence-electron chi connectivity index (χ0n) is 17.2. The molecule has 5 rings (SSSR count). The van der Waals surface area contributed by atoms with Crippen LogP contribution in [0.15, 0.2) is 48.5 Å². The molecule has 0 atom stereocenters. The second kappa shape index (κ2) is 7.43.